The fourth-order valence-corrected chi connectivity index (χ4v) is 7.33. The molecule has 0 heterocycles. The summed E-state index contributed by atoms with van der Waals surface area (Å²) in [6.45, 7) is 4.63. The largest absolute Gasteiger partial charge is 0.465 e. The van der Waals surface area contributed by atoms with Gasteiger partial charge in [0.2, 0.25) is 0 Å². The van der Waals surface area contributed by atoms with Crippen LogP contribution in [0.3, 0.4) is 0 Å². The summed E-state index contributed by atoms with van der Waals surface area (Å²) in [6.07, 6.45) is 17.1. The van der Waals surface area contributed by atoms with E-state index in [1.54, 1.807) is 0 Å². The van der Waals surface area contributed by atoms with Crippen LogP contribution < -0.4 is 11.5 Å². The van der Waals surface area contributed by atoms with Crippen molar-refractivity contribution in [2.45, 2.75) is 128 Å². The molecule has 0 aliphatic heterocycles. The molecule has 43 heavy (non-hydrogen) atoms. The highest BCUT2D eigenvalue weighted by Gasteiger charge is 2.34. The molecule has 9 heteroatoms. The van der Waals surface area contributed by atoms with Gasteiger partial charge >= 0.3 is 11.9 Å². The van der Waals surface area contributed by atoms with E-state index in [0.29, 0.717) is 38.9 Å². The van der Waals surface area contributed by atoms with Crippen molar-refractivity contribution in [2.75, 3.05) is 13.2 Å². The number of carbonyl (C=O) groups is 2. The van der Waals surface area contributed by atoms with Gasteiger partial charge in [0.15, 0.2) is 0 Å². The normalized spacial score (nSPS) is 35.1. The number of nitrogens with two attached hydrogens (primary N) is 2. The minimum absolute atomic E-state index is 0.109. The Bertz CT molecular complexity index is 841. The number of aliphatic hydroxyl groups is 3. The summed E-state index contributed by atoms with van der Waals surface area (Å²) in [5.74, 6) is 0.397. The van der Waals surface area contributed by atoms with E-state index in [2.05, 4.69) is 24.3 Å². The highest BCUT2D eigenvalue weighted by molar-refractivity contribution is 5.75. The van der Waals surface area contributed by atoms with Gasteiger partial charge in [0, 0.05) is 0 Å². The first kappa shape index (κ1) is 35.7. The zero-order chi connectivity index (χ0) is 31.4. The van der Waals surface area contributed by atoms with Gasteiger partial charge in [0.25, 0.3) is 0 Å². The van der Waals surface area contributed by atoms with Gasteiger partial charge in [0.05, 0.1) is 31.5 Å². The molecule has 0 amide bonds. The van der Waals surface area contributed by atoms with Crippen LogP contribution in [0.5, 0.6) is 0 Å². The van der Waals surface area contributed by atoms with Crippen molar-refractivity contribution in [2.24, 2.45) is 47.0 Å². The van der Waals surface area contributed by atoms with Gasteiger partial charge in [-0.2, -0.15) is 0 Å². The fraction of sp³-hybridized carbons (Fsp3) is 0.824. The third-order valence-corrected chi connectivity index (χ3v) is 9.66. The smallest absolute Gasteiger partial charge is 0.322 e. The molecule has 0 spiro atoms. The van der Waals surface area contributed by atoms with E-state index in [0.717, 1.165) is 57.8 Å². The van der Waals surface area contributed by atoms with E-state index < -0.39 is 12.1 Å². The van der Waals surface area contributed by atoms with Gasteiger partial charge in [0.1, 0.15) is 12.1 Å². The molecule has 10 unspecified atom stereocenters. The van der Waals surface area contributed by atoms with Crippen molar-refractivity contribution in [1.82, 2.24) is 0 Å². The highest BCUT2D eigenvalue weighted by Crippen LogP contribution is 2.38. The lowest BCUT2D eigenvalue weighted by Crippen LogP contribution is -2.38. The summed E-state index contributed by atoms with van der Waals surface area (Å²) in [6, 6.07) is -1.38. The van der Waals surface area contributed by atoms with Gasteiger partial charge in [-0.25, -0.2) is 0 Å². The van der Waals surface area contributed by atoms with Crippen LogP contribution >= 0.6 is 0 Å². The second kappa shape index (κ2) is 18.3. The van der Waals surface area contributed by atoms with E-state index in [9.17, 15) is 24.9 Å². The Labute approximate surface area is 258 Å². The molecule has 0 bridgehead atoms. The Balaban J connectivity index is 1.59. The monoisotopic (exact) mass is 606 g/mol. The van der Waals surface area contributed by atoms with Gasteiger partial charge in [-0.05, 0) is 119 Å². The number of aliphatic hydroxyl groups excluding tert-OH is 3. The Kier molecular flexibility index (Phi) is 15.2. The molecule has 0 aromatic rings. The Morgan fingerprint density at radius 2 is 1.07 bits per heavy atom. The van der Waals surface area contributed by atoms with Crippen molar-refractivity contribution in [3.63, 3.8) is 0 Å². The van der Waals surface area contributed by atoms with Crippen LogP contribution in [0.25, 0.3) is 0 Å². The minimum atomic E-state index is -0.690. The maximum Gasteiger partial charge on any atom is 0.322 e. The molecule has 10 atom stereocenters. The van der Waals surface area contributed by atoms with Crippen LogP contribution in [0, 0.1) is 35.5 Å². The molecule has 246 valence electrons. The van der Waals surface area contributed by atoms with E-state index in [1.807, 2.05) is 13.8 Å². The summed E-state index contributed by atoms with van der Waals surface area (Å²) in [5.41, 5.74) is 12.4. The Morgan fingerprint density at radius 3 is 1.47 bits per heavy atom. The molecule has 9 nitrogen and oxygen atoms in total. The van der Waals surface area contributed by atoms with Crippen molar-refractivity contribution in [3.05, 3.63) is 24.3 Å². The average Bonchev–Trinajstić information content (AvgIpc) is 2.97. The topological polar surface area (TPSA) is 165 Å². The predicted octanol–water partition coefficient (Wildman–Crippen LogP) is 3.77. The van der Waals surface area contributed by atoms with E-state index in [1.165, 1.54) is 0 Å². The molecule has 7 N–H and O–H groups in total. The number of allylic oxidation sites excluding steroid dienone is 4. The van der Waals surface area contributed by atoms with Crippen LogP contribution in [0.15, 0.2) is 24.3 Å². The number of rotatable bonds is 14. The highest BCUT2D eigenvalue weighted by atomic mass is 16.5. The lowest BCUT2D eigenvalue weighted by Gasteiger charge is -2.35. The molecule has 3 saturated carbocycles. The van der Waals surface area contributed by atoms with E-state index >= 15 is 0 Å². The number of ether oxygens (including phenoxy) is 2. The van der Waals surface area contributed by atoms with Crippen molar-refractivity contribution < 1.29 is 34.4 Å². The van der Waals surface area contributed by atoms with Crippen LogP contribution in [-0.4, -0.2) is 70.9 Å². The standard InChI is InChI=1S/C34H58N2O7/c1-3-13-42-33(40)31(35)20-26-18-28(37)11-9-24(26)7-5-22-15-23(17-30(39)16-22)6-8-25-10-12-29(38)19-27(25)21-32(36)34(41)43-14-4-2/h5-8,22-32,37-39H,3-4,9-21,35-36H2,1-2H3. The zero-order valence-corrected chi connectivity index (χ0v) is 26.4. The molecule has 3 rings (SSSR count). The number of esters is 2. The molecule has 0 saturated heterocycles. The third kappa shape index (κ3) is 11.9. The van der Waals surface area contributed by atoms with Crippen molar-refractivity contribution >= 4 is 11.9 Å². The summed E-state index contributed by atoms with van der Waals surface area (Å²) in [5, 5.41) is 31.4. The molecule has 0 radical (unpaired) electrons. The summed E-state index contributed by atoms with van der Waals surface area (Å²) >= 11 is 0. The zero-order valence-electron chi connectivity index (χ0n) is 26.4. The third-order valence-electron chi connectivity index (χ3n) is 9.66. The first-order valence-corrected chi connectivity index (χ1v) is 16.8. The van der Waals surface area contributed by atoms with Crippen LogP contribution in [0.4, 0.5) is 0 Å². The maximum atomic E-state index is 12.3. The van der Waals surface area contributed by atoms with E-state index in [-0.39, 0.29) is 65.8 Å². The molecule has 3 fully saturated rings. The number of hydrogen-bond acceptors (Lipinski definition) is 9. The summed E-state index contributed by atoms with van der Waals surface area (Å²) in [7, 11) is 0. The molecular weight excluding hydrogens is 548 g/mol. The van der Waals surface area contributed by atoms with Gasteiger partial charge < -0.3 is 36.3 Å². The Morgan fingerprint density at radius 1 is 0.651 bits per heavy atom. The van der Waals surface area contributed by atoms with Crippen LogP contribution in [0.1, 0.15) is 97.3 Å². The predicted molar refractivity (Wildman–Crippen MR) is 166 cm³/mol. The van der Waals surface area contributed by atoms with Crippen LogP contribution in [0.2, 0.25) is 0 Å². The fourth-order valence-electron chi connectivity index (χ4n) is 7.33. The first-order valence-electron chi connectivity index (χ1n) is 16.8. The van der Waals surface area contributed by atoms with Crippen molar-refractivity contribution in [1.29, 1.82) is 0 Å². The number of carbonyl (C=O) groups excluding carboxylic acids is 2. The first-order chi connectivity index (χ1) is 20.6. The lowest BCUT2D eigenvalue weighted by molar-refractivity contribution is -0.146. The Hall–Kier alpha value is -1.78. The van der Waals surface area contributed by atoms with Gasteiger partial charge in [-0.15, -0.1) is 0 Å². The molecule has 0 aromatic carbocycles. The second-order valence-electron chi connectivity index (χ2n) is 13.5. The van der Waals surface area contributed by atoms with Gasteiger partial charge in [-0.1, -0.05) is 38.2 Å². The molecule has 0 aromatic heterocycles. The molecule has 3 aliphatic carbocycles. The molecule has 3 aliphatic rings. The molecular formula is C34H58N2O7. The van der Waals surface area contributed by atoms with Gasteiger partial charge in [-0.3, -0.25) is 9.59 Å². The lowest BCUT2D eigenvalue weighted by atomic mass is 9.72. The average molecular weight is 607 g/mol. The minimum Gasteiger partial charge on any atom is -0.465 e. The summed E-state index contributed by atoms with van der Waals surface area (Å²) in [4.78, 5) is 24.5. The SMILES string of the molecule is CCCOC(=O)C(N)CC1CC(O)CCC1C=CC1CC(O)CC(C=CC2CCC(O)CC2CC(N)C(=O)OCCC)C1. The van der Waals surface area contributed by atoms with Crippen LogP contribution in [-0.2, 0) is 19.1 Å². The summed E-state index contributed by atoms with van der Waals surface area (Å²) < 4.78 is 10.5. The maximum absolute atomic E-state index is 12.3. The number of hydrogen-bond donors (Lipinski definition) is 5. The second-order valence-corrected chi connectivity index (χ2v) is 13.5. The van der Waals surface area contributed by atoms with E-state index in [4.69, 9.17) is 20.9 Å². The van der Waals surface area contributed by atoms with Crippen molar-refractivity contribution in [3.8, 4) is 0 Å². The quantitative estimate of drug-likeness (QED) is 0.146.